The third kappa shape index (κ3) is 4.46. The van der Waals surface area contributed by atoms with E-state index >= 15 is 0 Å². The number of carbonyl (C=O) groups is 2. The normalized spacial score (nSPS) is 13.4. The topological polar surface area (TPSA) is 109 Å². The molecule has 2 heterocycles. The van der Waals surface area contributed by atoms with Crippen molar-refractivity contribution in [3.8, 4) is 5.88 Å². The number of aromatic hydroxyl groups is 1. The van der Waals surface area contributed by atoms with Crippen LogP contribution in [0, 0.1) is 0 Å². The van der Waals surface area contributed by atoms with Crippen LogP contribution in [0.1, 0.15) is 32.6 Å². The summed E-state index contributed by atoms with van der Waals surface area (Å²) in [5, 5.41) is 20.9. The molecule has 0 saturated heterocycles. The molecule has 1 aliphatic heterocycles. The molecule has 8 heteroatoms. The van der Waals surface area contributed by atoms with Crippen LogP contribution in [0.25, 0.3) is 10.9 Å². The van der Waals surface area contributed by atoms with E-state index in [9.17, 15) is 19.8 Å². The van der Waals surface area contributed by atoms with E-state index in [4.69, 9.17) is 4.99 Å². The van der Waals surface area contributed by atoms with Crippen molar-refractivity contribution in [3.63, 3.8) is 0 Å². The number of aromatic amines is 1. The highest BCUT2D eigenvalue weighted by molar-refractivity contribution is 6.22. The largest absolute Gasteiger partial charge is 0.494 e. The molecule has 0 unspecified atom stereocenters. The summed E-state index contributed by atoms with van der Waals surface area (Å²) in [6.45, 7) is 1.47. The van der Waals surface area contributed by atoms with Crippen molar-refractivity contribution in [2.75, 3.05) is 20.6 Å². The molecule has 0 fully saturated rings. The monoisotopic (exact) mass is 482 g/mol. The van der Waals surface area contributed by atoms with E-state index in [1.807, 2.05) is 72.4 Å². The number of hydrogen-bond acceptors (Lipinski definition) is 5. The van der Waals surface area contributed by atoms with Gasteiger partial charge in [-0.3, -0.25) is 4.79 Å². The Bertz CT molecular complexity index is 1510. The minimum atomic E-state index is -1.04. The lowest BCUT2D eigenvalue weighted by atomic mass is 10.00. The maximum absolute atomic E-state index is 12.5. The SMILES string of the molecule is CN(C)CC(=O)N1Cc2ccc(N=C(c3ccccc3)c3c(O)[nH]c4cc(C(=O)O)ccc34)cc2C1. The van der Waals surface area contributed by atoms with E-state index in [2.05, 4.69) is 4.98 Å². The third-order valence-corrected chi connectivity index (χ3v) is 6.27. The number of carbonyl (C=O) groups excluding carboxylic acids is 1. The number of carboxylic acid groups (broad SMARTS) is 1. The van der Waals surface area contributed by atoms with Crippen LogP contribution in [0.3, 0.4) is 0 Å². The molecule has 3 aromatic carbocycles. The van der Waals surface area contributed by atoms with Crippen molar-refractivity contribution < 1.29 is 19.8 Å². The molecule has 5 rings (SSSR count). The average molecular weight is 483 g/mol. The zero-order chi connectivity index (χ0) is 25.4. The van der Waals surface area contributed by atoms with E-state index in [1.165, 1.54) is 12.1 Å². The van der Waals surface area contributed by atoms with E-state index in [0.29, 0.717) is 47.5 Å². The van der Waals surface area contributed by atoms with Gasteiger partial charge in [0.05, 0.1) is 29.1 Å². The molecule has 0 radical (unpaired) electrons. The Morgan fingerprint density at radius 2 is 1.72 bits per heavy atom. The lowest BCUT2D eigenvalue weighted by Crippen LogP contribution is -2.34. The highest BCUT2D eigenvalue weighted by atomic mass is 16.4. The summed E-state index contributed by atoms with van der Waals surface area (Å²) in [7, 11) is 3.75. The van der Waals surface area contributed by atoms with Crippen LogP contribution in [-0.2, 0) is 17.9 Å². The van der Waals surface area contributed by atoms with Crippen LogP contribution in [0.15, 0.2) is 71.7 Å². The van der Waals surface area contributed by atoms with Gasteiger partial charge < -0.3 is 25.0 Å². The Labute approximate surface area is 208 Å². The van der Waals surface area contributed by atoms with Crippen LogP contribution >= 0.6 is 0 Å². The van der Waals surface area contributed by atoms with Crippen molar-refractivity contribution in [1.29, 1.82) is 0 Å². The second-order valence-electron chi connectivity index (χ2n) is 9.18. The third-order valence-electron chi connectivity index (χ3n) is 6.27. The highest BCUT2D eigenvalue weighted by Gasteiger charge is 2.24. The van der Waals surface area contributed by atoms with Crippen LogP contribution in [0.4, 0.5) is 5.69 Å². The number of nitrogens with zero attached hydrogens (tertiary/aromatic N) is 3. The number of aromatic carboxylic acids is 1. The van der Waals surface area contributed by atoms with Gasteiger partial charge >= 0.3 is 5.97 Å². The molecule has 3 N–H and O–H groups in total. The molecule has 0 bridgehead atoms. The number of rotatable bonds is 6. The smallest absolute Gasteiger partial charge is 0.335 e. The average Bonchev–Trinajstić information content (AvgIpc) is 3.42. The van der Waals surface area contributed by atoms with Crippen molar-refractivity contribution in [2.45, 2.75) is 13.1 Å². The molecule has 36 heavy (non-hydrogen) atoms. The zero-order valence-electron chi connectivity index (χ0n) is 20.0. The second-order valence-corrected chi connectivity index (χ2v) is 9.18. The van der Waals surface area contributed by atoms with Gasteiger partial charge in [0, 0.05) is 29.6 Å². The van der Waals surface area contributed by atoms with Crippen LogP contribution < -0.4 is 0 Å². The number of H-pyrrole nitrogens is 1. The first-order valence-electron chi connectivity index (χ1n) is 11.6. The van der Waals surface area contributed by atoms with E-state index < -0.39 is 5.97 Å². The van der Waals surface area contributed by atoms with Crippen LogP contribution in [0.2, 0.25) is 0 Å². The minimum absolute atomic E-state index is 0.0793. The van der Waals surface area contributed by atoms with Gasteiger partial charge in [0.15, 0.2) is 5.88 Å². The van der Waals surface area contributed by atoms with Crippen molar-refractivity contribution in [3.05, 3.63) is 94.5 Å². The molecule has 0 saturated carbocycles. The van der Waals surface area contributed by atoms with Crippen LogP contribution in [-0.4, -0.2) is 63.2 Å². The summed E-state index contributed by atoms with van der Waals surface area (Å²) in [6.07, 6.45) is 0. The number of nitrogens with one attached hydrogen (secondary N) is 1. The molecule has 1 aromatic heterocycles. The van der Waals surface area contributed by atoms with Gasteiger partial charge in [-0.15, -0.1) is 0 Å². The number of aromatic nitrogens is 1. The number of benzene rings is 3. The maximum atomic E-state index is 12.5. The lowest BCUT2D eigenvalue weighted by molar-refractivity contribution is -0.132. The molecular formula is C28H26N4O4. The molecule has 0 spiro atoms. The first kappa shape index (κ1) is 23.3. The molecule has 4 aromatic rings. The number of amides is 1. The quantitative estimate of drug-likeness (QED) is 0.358. The molecular weight excluding hydrogens is 456 g/mol. The molecule has 1 amide bonds. The van der Waals surface area contributed by atoms with Gasteiger partial charge in [0.2, 0.25) is 5.91 Å². The fraction of sp³-hybridized carbons (Fsp3) is 0.179. The minimum Gasteiger partial charge on any atom is -0.494 e. The Balaban J connectivity index is 1.57. The number of fused-ring (bicyclic) bond motifs is 2. The Morgan fingerprint density at radius 3 is 2.44 bits per heavy atom. The van der Waals surface area contributed by atoms with Gasteiger partial charge in [-0.2, -0.15) is 0 Å². The van der Waals surface area contributed by atoms with Gasteiger partial charge in [0.25, 0.3) is 0 Å². The summed E-state index contributed by atoms with van der Waals surface area (Å²) in [5.41, 5.74) is 5.33. The highest BCUT2D eigenvalue weighted by Crippen LogP contribution is 2.33. The lowest BCUT2D eigenvalue weighted by Gasteiger charge is -2.18. The Morgan fingerprint density at radius 1 is 0.972 bits per heavy atom. The summed E-state index contributed by atoms with van der Waals surface area (Å²) in [5.74, 6) is -1.05. The van der Waals surface area contributed by atoms with Gasteiger partial charge in [-0.1, -0.05) is 42.5 Å². The van der Waals surface area contributed by atoms with Gasteiger partial charge in [-0.05, 0) is 49.5 Å². The summed E-state index contributed by atoms with van der Waals surface area (Å²) >= 11 is 0. The first-order valence-corrected chi connectivity index (χ1v) is 11.6. The fourth-order valence-corrected chi connectivity index (χ4v) is 4.54. The Hall–Kier alpha value is -4.43. The number of likely N-dealkylation sites (N-methyl/N-ethyl adjacent to an activating group) is 1. The standard InChI is InChI=1S/C28H26N4O4/c1-31(2)16-24(33)32-14-19-8-10-21(12-20(19)15-32)29-26(17-6-4-3-5-7-17)25-22-11-9-18(28(35)36)13-23(22)30-27(25)34/h3-13,30,34H,14-16H2,1-2H3,(H,35,36). The van der Waals surface area contributed by atoms with Crippen LogP contribution in [0.5, 0.6) is 5.88 Å². The van der Waals surface area contributed by atoms with E-state index in [1.54, 1.807) is 6.07 Å². The summed E-state index contributed by atoms with van der Waals surface area (Å²) in [4.78, 5) is 35.5. The van der Waals surface area contributed by atoms with Gasteiger partial charge in [0.1, 0.15) is 0 Å². The molecule has 1 aliphatic rings. The molecule has 0 aliphatic carbocycles. The van der Waals surface area contributed by atoms with Gasteiger partial charge in [-0.25, -0.2) is 9.79 Å². The van der Waals surface area contributed by atoms with Crippen molar-refractivity contribution in [2.24, 2.45) is 4.99 Å². The zero-order valence-corrected chi connectivity index (χ0v) is 20.0. The predicted octanol–water partition coefficient (Wildman–Crippen LogP) is 4.14. The summed E-state index contributed by atoms with van der Waals surface area (Å²) in [6, 6.07) is 20.1. The predicted molar refractivity (Wildman–Crippen MR) is 138 cm³/mol. The summed E-state index contributed by atoms with van der Waals surface area (Å²) < 4.78 is 0. The molecule has 0 atom stereocenters. The maximum Gasteiger partial charge on any atom is 0.335 e. The molecule has 8 nitrogen and oxygen atoms in total. The fourth-order valence-electron chi connectivity index (χ4n) is 4.54. The first-order chi connectivity index (χ1) is 17.3. The van der Waals surface area contributed by atoms with Crippen molar-refractivity contribution in [1.82, 2.24) is 14.8 Å². The second kappa shape index (κ2) is 9.31. The number of carboxylic acids is 1. The Kier molecular flexibility index (Phi) is 6.03. The number of aliphatic imine (C=N–C) groups is 1. The molecule has 182 valence electrons. The van der Waals surface area contributed by atoms with E-state index in [-0.39, 0.29) is 17.4 Å². The number of hydrogen-bond donors (Lipinski definition) is 3. The van der Waals surface area contributed by atoms with E-state index in [0.717, 1.165) is 16.7 Å². The van der Waals surface area contributed by atoms with Crippen molar-refractivity contribution >= 4 is 34.2 Å².